The largest absolute Gasteiger partial charge is 0.203 e. The van der Waals surface area contributed by atoms with Crippen LogP contribution in [0.3, 0.4) is 0 Å². The van der Waals surface area contributed by atoms with Gasteiger partial charge in [-0.2, -0.15) is 0 Å². The summed E-state index contributed by atoms with van der Waals surface area (Å²) in [5.74, 6) is -36.0. The molecule has 2 bridgehead atoms. The first-order valence-electron chi connectivity index (χ1n) is 15.0. The Hall–Kier alpha value is -5.73. The molecule has 0 amide bonds. The minimum absolute atomic E-state index is 0.0926. The molecule has 0 unspecified atom stereocenters. The van der Waals surface area contributed by atoms with E-state index in [1.807, 2.05) is 0 Å². The van der Waals surface area contributed by atoms with Crippen LogP contribution in [0.4, 0.5) is 65.9 Å². The highest BCUT2D eigenvalue weighted by Gasteiger charge is 2.43. The van der Waals surface area contributed by atoms with E-state index in [0.29, 0.717) is 0 Å². The first kappa shape index (κ1) is 34.4. The third-order valence-corrected chi connectivity index (χ3v) is 9.62. The molecule has 0 radical (unpaired) electrons. The molecule has 0 fully saturated rings. The predicted octanol–water partition coefficient (Wildman–Crippen LogP) is 11.8. The summed E-state index contributed by atoms with van der Waals surface area (Å²) >= 11 is 0. The van der Waals surface area contributed by atoms with Crippen molar-refractivity contribution in [3.05, 3.63) is 175 Å². The fourth-order valence-corrected chi connectivity index (χ4v) is 7.31. The summed E-state index contributed by atoms with van der Waals surface area (Å²) in [5.41, 5.74) is -4.42. The lowest BCUT2D eigenvalue weighted by atomic mass is 9.60. The third kappa shape index (κ3) is 4.54. The third-order valence-electron chi connectivity index (χ3n) is 9.62. The van der Waals surface area contributed by atoms with Crippen LogP contribution in [0.25, 0.3) is 33.4 Å². The average Bonchev–Trinajstić information content (AvgIpc) is 3.16. The molecule has 6 aromatic carbocycles. The summed E-state index contributed by atoms with van der Waals surface area (Å²) < 4.78 is 216. The van der Waals surface area contributed by atoms with Gasteiger partial charge in [0.2, 0.25) is 17.5 Å². The summed E-state index contributed by atoms with van der Waals surface area (Å²) in [6.07, 6.45) is 0. The first-order chi connectivity index (χ1) is 25.1. The highest BCUT2D eigenvalue weighted by atomic mass is 19.2. The Morgan fingerprint density at radius 3 is 0.642 bits per heavy atom. The van der Waals surface area contributed by atoms with Gasteiger partial charge in [0.1, 0.15) is 0 Å². The molecular formula is C38H11F15. The molecular weight excluding hydrogens is 741 g/mol. The Balaban J connectivity index is 1.39. The van der Waals surface area contributed by atoms with Crippen molar-refractivity contribution in [2.45, 2.75) is 11.8 Å². The highest BCUT2D eigenvalue weighted by molar-refractivity contribution is 5.78. The zero-order chi connectivity index (χ0) is 38.1. The molecule has 0 heterocycles. The van der Waals surface area contributed by atoms with Crippen molar-refractivity contribution in [3.63, 3.8) is 0 Å². The van der Waals surface area contributed by atoms with Gasteiger partial charge in [0.15, 0.2) is 69.8 Å². The van der Waals surface area contributed by atoms with Gasteiger partial charge >= 0.3 is 0 Å². The summed E-state index contributed by atoms with van der Waals surface area (Å²) in [6, 6.07) is 9.85. The van der Waals surface area contributed by atoms with Crippen molar-refractivity contribution in [1.29, 1.82) is 0 Å². The predicted molar refractivity (Wildman–Crippen MR) is 157 cm³/mol. The quantitative estimate of drug-likeness (QED) is 0.0958. The minimum atomic E-state index is -2.42. The standard InChI is InChI=1S/C38H11F15/c39-24-19(25(40)31(46)36(51)30(24)45)10-3-6-15-16(7-10)22-13-4-1-11(20-26(41)32(47)37(52)33(48)27(20)42)8-17(13)23(15)18-9-12(2-5-14(18)22)21-28(43)34(49)38(53)35(50)29(21)44/h1-9,22-23H. The maximum absolute atomic E-state index is 14.9. The molecule has 0 spiro atoms. The molecule has 3 aliphatic carbocycles. The van der Waals surface area contributed by atoms with E-state index in [-0.39, 0.29) is 33.4 Å². The maximum Gasteiger partial charge on any atom is 0.200 e. The van der Waals surface area contributed by atoms with E-state index in [0.717, 1.165) is 36.4 Å². The summed E-state index contributed by atoms with van der Waals surface area (Å²) in [5, 5.41) is 0. The van der Waals surface area contributed by atoms with E-state index in [4.69, 9.17) is 0 Å². The van der Waals surface area contributed by atoms with Crippen molar-refractivity contribution >= 4 is 0 Å². The highest BCUT2D eigenvalue weighted by Crippen LogP contribution is 2.58. The summed E-state index contributed by atoms with van der Waals surface area (Å²) in [4.78, 5) is 0. The first-order valence-corrected chi connectivity index (χ1v) is 15.0. The molecule has 0 atom stereocenters. The lowest BCUT2D eigenvalue weighted by molar-refractivity contribution is 0.381. The summed E-state index contributed by atoms with van der Waals surface area (Å²) in [6.45, 7) is 0. The Morgan fingerprint density at radius 2 is 0.415 bits per heavy atom. The van der Waals surface area contributed by atoms with Gasteiger partial charge in [-0.1, -0.05) is 36.4 Å². The Bertz CT molecular complexity index is 2440. The van der Waals surface area contributed by atoms with Gasteiger partial charge in [-0.05, 0) is 68.3 Å². The van der Waals surface area contributed by atoms with Crippen LogP contribution in [-0.4, -0.2) is 0 Å². The van der Waals surface area contributed by atoms with Gasteiger partial charge in [-0.25, -0.2) is 65.9 Å². The molecule has 0 aromatic heterocycles. The smallest absolute Gasteiger partial charge is 0.200 e. The molecule has 0 saturated carbocycles. The van der Waals surface area contributed by atoms with E-state index in [1.54, 1.807) is 0 Å². The molecule has 0 N–H and O–H groups in total. The van der Waals surface area contributed by atoms with Crippen LogP contribution in [0.1, 0.15) is 45.2 Å². The van der Waals surface area contributed by atoms with Crippen LogP contribution < -0.4 is 0 Å². The van der Waals surface area contributed by atoms with Crippen molar-refractivity contribution < 1.29 is 65.9 Å². The number of hydrogen-bond acceptors (Lipinski definition) is 0. The molecule has 6 aromatic rings. The minimum Gasteiger partial charge on any atom is -0.203 e. The van der Waals surface area contributed by atoms with Crippen molar-refractivity contribution in [2.75, 3.05) is 0 Å². The SMILES string of the molecule is Fc1c(F)c(F)c(-c2ccc3c(c2)C2c4ccc(-c5c(F)c(F)c(F)c(F)c5F)cc4C3c3cc(-c4c(F)c(F)c(F)c(F)c4F)ccc32)c(F)c1F. The van der Waals surface area contributed by atoms with E-state index < -0.39 is 132 Å². The van der Waals surface area contributed by atoms with Gasteiger partial charge in [0.05, 0.1) is 16.7 Å². The van der Waals surface area contributed by atoms with Crippen LogP contribution in [-0.2, 0) is 0 Å². The molecule has 0 saturated heterocycles. The molecule has 3 aliphatic rings. The molecule has 9 rings (SSSR count). The second-order valence-corrected chi connectivity index (χ2v) is 12.2. The lowest BCUT2D eigenvalue weighted by Crippen LogP contribution is -2.28. The van der Waals surface area contributed by atoms with Gasteiger partial charge in [-0.15, -0.1) is 0 Å². The maximum atomic E-state index is 14.9. The molecule has 53 heavy (non-hydrogen) atoms. The fourth-order valence-electron chi connectivity index (χ4n) is 7.31. The van der Waals surface area contributed by atoms with Crippen LogP contribution >= 0.6 is 0 Å². The second-order valence-electron chi connectivity index (χ2n) is 12.2. The zero-order valence-corrected chi connectivity index (χ0v) is 25.5. The summed E-state index contributed by atoms with van der Waals surface area (Å²) in [7, 11) is 0. The topological polar surface area (TPSA) is 0 Å². The Kier molecular flexibility index (Phi) is 7.54. The van der Waals surface area contributed by atoms with Crippen LogP contribution in [0.15, 0.2) is 54.6 Å². The molecule has 15 heteroatoms. The lowest BCUT2D eigenvalue weighted by Gasteiger charge is -2.43. The Morgan fingerprint density at radius 1 is 0.226 bits per heavy atom. The fraction of sp³-hybridized carbons (Fsp3) is 0.0526. The van der Waals surface area contributed by atoms with Crippen LogP contribution in [0.5, 0.6) is 0 Å². The van der Waals surface area contributed by atoms with Crippen molar-refractivity contribution in [2.24, 2.45) is 0 Å². The average molecular weight is 752 g/mol. The second kappa shape index (κ2) is 11.6. The van der Waals surface area contributed by atoms with Gasteiger partial charge in [-0.3, -0.25) is 0 Å². The number of rotatable bonds is 3. The zero-order valence-electron chi connectivity index (χ0n) is 25.5. The molecule has 0 nitrogen and oxygen atoms in total. The van der Waals surface area contributed by atoms with Crippen molar-refractivity contribution in [3.8, 4) is 33.4 Å². The number of benzene rings is 6. The normalized spacial score (nSPS) is 15.5. The molecule has 0 aliphatic heterocycles. The monoisotopic (exact) mass is 752 g/mol. The molecule has 268 valence electrons. The van der Waals surface area contributed by atoms with Gasteiger partial charge in [0, 0.05) is 11.8 Å². The van der Waals surface area contributed by atoms with E-state index in [9.17, 15) is 65.9 Å². The van der Waals surface area contributed by atoms with Crippen molar-refractivity contribution in [1.82, 2.24) is 0 Å². The Labute approximate surface area is 286 Å². The van der Waals surface area contributed by atoms with Crippen LogP contribution in [0.2, 0.25) is 0 Å². The van der Waals surface area contributed by atoms with E-state index in [1.165, 1.54) is 18.2 Å². The number of halogens is 15. The van der Waals surface area contributed by atoms with Gasteiger partial charge < -0.3 is 0 Å². The number of hydrogen-bond donors (Lipinski definition) is 0. The van der Waals surface area contributed by atoms with Gasteiger partial charge in [0.25, 0.3) is 0 Å². The van der Waals surface area contributed by atoms with Crippen LogP contribution in [0, 0.1) is 87.3 Å². The van der Waals surface area contributed by atoms with E-state index >= 15 is 0 Å². The van der Waals surface area contributed by atoms with E-state index in [2.05, 4.69) is 0 Å².